The second-order valence-corrected chi connectivity index (χ2v) is 3.36. The number of carbonyl (C=O) groups excluding carboxylic acids is 1. The van der Waals surface area contributed by atoms with Gasteiger partial charge >= 0.3 is 11.7 Å². The Kier molecular flexibility index (Phi) is 3.05. The lowest BCUT2D eigenvalue weighted by Gasteiger charge is -2.06. The summed E-state index contributed by atoms with van der Waals surface area (Å²) in [7, 11) is 1.24. The first-order valence-corrected chi connectivity index (χ1v) is 5.00. The Hall–Kier alpha value is -2.70. The second-order valence-electron chi connectivity index (χ2n) is 3.36. The molecular weight excluding hydrogens is 238 g/mol. The van der Waals surface area contributed by atoms with Gasteiger partial charge in [-0.3, -0.25) is 14.7 Å². The van der Waals surface area contributed by atoms with Crippen LogP contribution in [0.25, 0.3) is 5.82 Å². The monoisotopic (exact) mass is 247 g/mol. The minimum atomic E-state index is -0.583. The molecule has 0 atom stereocenters. The molecule has 0 aromatic carbocycles. The van der Waals surface area contributed by atoms with Crippen molar-refractivity contribution < 1.29 is 14.5 Å². The van der Waals surface area contributed by atoms with Gasteiger partial charge in [-0.1, -0.05) is 0 Å². The first-order chi connectivity index (χ1) is 8.65. The lowest BCUT2D eigenvalue weighted by Crippen LogP contribution is -2.11. The van der Waals surface area contributed by atoms with Gasteiger partial charge in [0.1, 0.15) is 5.69 Å². The van der Waals surface area contributed by atoms with E-state index in [1.807, 2.05) is 0 Å². The molecule has 2 aromatic heterocycles. The first kappa shape index (κ1) is 11.8. The molecule has 0 fully saturated rings. The Morgan fingerprint density at radius 3 is 2.89 bits per heavy atom. The molecule has 0 amide bonds. The molecule has 18 heavy (non-hydrogen) atoms. The molecule has 0 saturated carbocycles. The van der Waals surface area contributed by atoms with Gasteiger partial charge in [-0.05, 0) is 18.2 Å². The van der Waals surface area contributed by atoms with Crippen LogP contribution in [0.3, 0.4) is 0 Å². The maximum Gasteiger partial charge on any atom is 0.355 e. The Morgan fingerprint density at radius 2 is 2.22 bits per heavy atom. The fraction of sp³-hybridized carbons (Fsp3) is 0.0909. The average molecular weight is 247 g/mol. The van der Waals surface area contributed by atoms with Gasteiger partial charge in [-0.15, -0.1) is 0 Å². The zero-order chi connectivity index (χ0) is 13.1. The lowest BCUT2D eigenvalue weighted by atomic mass is 10.3. The molecule has 2 rings (SSSR count). The topological polar surface area (TPSA) is 87.3 Å². The number of nitro groups is 1. The average Bonchev–Trinajstić information content (AvgIpc) is 2.86. The van der Waals surface area contributed by atoms with Gasteiger partial charge < -0.3 is 4.74 Å². The van der Waals surface area contributed by atoms with Gasteiger partial charge in [0.05, 0.1) is 12.0 Å². The summed E-state index contributed by atoms with van der Waals surface area (Å²) in [6.45, 7) is 0. The predicted molar refractivity (Wildman–Crippen MR) is 61.6 cm³/mol. The SMILES string of the molecule is COC(=O)c1cccn1-c1ncccc1[N+](=O)[O-]. The predicted octanol–water partition coefficient (Wildman–Crippen LogP) is 1.57. The number of ether oxygens (including phenoxy) is 1. The summed E-state index contributed by atoms with van der Waals surface area (Å²) >= 11 is 0. The third-order valence-corrected chi connectivity index (χ3v) is 2.33. The number of nitrogens with zero attached hydrogens (tertiary/aromatic N) is 3. The highest BCUT2D eigenvalue weighted by molar-refractivity contribution is 5.88. The van der Waals surface area contributed by atoms with E-state index in [-0.39, 0.29) is 17.2 Å². The molecule has 7 nitrogen and oxygen atoms in total. The molecule has 0 bridgehead atoms. The van der Waals surface area contributed by atoms with E-state index in [0.717, 1.165) is 0 Å². The van der Waals surface area contributed by atoms with Crippen molar-refractivity contribution in [1.82, 2.24) is 9.55 Å². The third-order valence-electron chi connectivity index (χ3n) is 2.33. The number of methoxy groups -OCH3 is 1. The summed E-state index contributed by atoms with van der Waals surface area (Å²) in [6.07, 6.45) is 2.94. The number of pyridine rings is 1. The van der Waals surface area contributed by atoms with Crippen LogP contribution in [0.2, 0.25) is 0 Å². The summed E-state index contributed by atoms with van der Waals surface area (Å²) in [5, 5.41) is 10.9. The van der Waals surface area contributed by atoms with Crippen LogP contribution in [0, 0.1) is 10.1 Å². The van der Waals surface area contributed by atoms with Gasteiger partial charge in [0.2, 0.25) is 5.82 Å². The highest BCUT2D eigenvalue weighted by atomic mass is 16.6. The zero-order valence-corrected chi connectivity index (χ0v) is 9.44. The van der Waals surface area contributed by atoms with Crippen molar-refractivity contribution in [2.45, 2.75) is 0 Å². The lowest BCUT2D eigenvalue weighted by molar-refractivity contribution is -0.384. The van der Waals surface area contributed by atoms with Crippen LogP contribution >= 0.6 is 0 Å². The molecule has 2 aromatic rings. The van der Waals surface area contributed by atoms with Crippen LogP contribution in [-0.4, -0.2) is 27.6 Å². The summed E-state index contributed by atoms with van der Waals surface area (Å²) in [5.74, 6) is -0.507. The van der Waals surface area contributed by atoms with E-state index < -0.39 is 10.9 Å². The van der Waals surface area contributed by atoms with Crippen molar-refractivity contribution in [3.63, 3.8) is 0 Å². The molecule has 0 N–H and O–H groups in total. The summed E-state index contributed by atoms with van der Waals surface area (Å²) in [6, 6.07) is 5.88. The molecular formula is C11H9N3O4. The van der Waals surface area contributed by atoms with E-state index in [1.54, 1.807) is 6.07 Å². The number of carbonyl (C=O) groups is 1. The molecule has 0 aliphatic carbocycles. The van der Waals surface area contributed by atoms with E-state index in [9.17, 15) is 14.9 Å². The van der Waals surface area contributed by atoms with Crippen LogP contribution in [0.1, 0.15) is 10.5 Å². The molecule has 7 heteroatoms. The highest BCUT2D eigenvalue weighted by Gasteiger charge is 2.20. The maximum absolute atomic E-state index is 11.5. The summed E-state index contributed by atoms with van der Waals surface area (Å²) in [5.41, 5.74) is -0.00171. The largest absolute Gasteiger partial charge is 0.464 e. The van der Waals surface area contributed by atoms with Crippen molar-refractivity contribution in [2.24, 2.45) is 0 Å². The highest BCUT2D eigenvalue weighted by Crippen LogP contribution is 2.21. The summed E-state index contributed by atoms with van der Waals surface area (Å²) in [4.78, 5) is 25.8. The summed E-state index contributed by atoms with van der Waals surface area (Å²) < 4.78 is 5.92. The van der Waals surface area contributed by atoms with Crippen LogP contribution in [0.15, 0.2) is 36.7 Å². The normalized spacial score (nSPS) is 10.1. The minimum Gasteiger partial charge on any atom is -0.464 e. The smallest absolute Gasteiger partial charge is 0.355 e. The maximum atomic E-state index is 11.5. The van der Waals surface area contributed by atoms with E-state index in [1.165, 1.54) is 42.3 Å². The van der Waals surface area contributed by atoms with Gasteiger partial charge in [-0.2, -0.15) is 0 Å². The number of hydrogen-bond donors (Lipinski definition) is 0. The number of rotatable bonds is 3. The Bertz CT molecular complexity index is 606. The van der Waals surface area contributed by atoms with E-state index in [0.29, 0.717) is 0 Å². The Balaban J connectivity index is 2.60. The van der Waals surface area contributed by atoms with Crippen molar-refractivity contribution in [2.75, 3.05) is 7.11 Å². The molecule has 2 heterocycles. The van der Waals surface area contributed by atoms with Crippen molar-refractivity contribution in [1.29, 1.82) is 0 Å². The fourth-order valence-electron chi connectivity index (χ4n) is 1.55. The van der Waals surface area contributed by atoms with Crippen molar-refractivity contribution in [3.05, 3.63) is 52.5 Å². The standard InChI is InChI=1S/C11H9N3O4/c1-18-11(15)9-5-3-7-13(9)10-8(14(16)17)4-2-6-12-10/h2-7H,1H3. The van der Waals surface area contributed by atoms with Crippen LogP contribution in [0.5, 0.6) is 0 Å². The number of hydrogen-bond acceptors (Lipinski definition) is 5. The first-order valence-electron chi connectivity index (χ1n) is 5.00. The van der Waals surface area contributed by atoms with E-state index in [2.05, 4.69) is 9.72 Å². The van der Waals surface area contributed by atoms with Crippen molar-refractivity contribution >= 4 is 11.7 Å². The van der Waals surface area contributed by atoms with Crippen molar-refractivity contribution in [3.8, 4) is 5.82 Å². The molecule has 0 aliphatic heterocycles. The molecule has 0 aliphatic rings. The Labute approximate surface area is 102 Å². The Morgan fingerprint density at radius 1 is 1.44 bits per heavy atom. The second kappa shape index (κ2) is 4.66. The zero-order valence-electron chi connectivity index (χ0n) is 9.44. The molecule has 0 unspecified atom stereocenters. The quantitative estimate of drug-likeness (QED) is 0.466. The van der Waals surface area contributed by atoms with Gasteiger partial charge in [0.15, 0.2) is 0 Å². The van der Waals surface area contributed by atoms with Crippen LogP contribution in [0.4, 0.5) is 5.69 Å². The number of esters is 1. The molecule has 0 radical (unpaired) electrons. The van der Waals surface area contributed by atoms with Crippen LogP contribution in [-0.2, 0) is 4.74 Å². The molecule has 0 spiro atoms. The van der Waals surface area contributed by atoms with Gasteiger partial charge in [0.25, 0.3) is 0 Å². The number of aromatic nitrogens is 2. The minimum absolute atomic E-state index is 0.0768. The molecule has 0 saturated heterocycles. The van der Waals surface area contributed by atoms with E-state index >= 15 is 0 Å². The van der Waals surface area contributed by atoms with Gasteiger partial charge in [-0.25, -0.2) is 9.78 Å². The van der Waals surface area contributed by atoms with E-state index in [4.69, 9.17) is 0 Å². The third kappa shape index (κ3) is 1.93. The van der Waals surface area contributed by atoms with Gasteiger partial charge in [0, 0.05) is 18.5 Å². The van der Waals surface area contributed by atoms with Crippen LogP contribution < -0.4 is 0 Å². The fourth-order valence-corrected chi connectivity index (χ4v) is 1.55. The molecule has 92 valence electrons.